The molecular weight excluding hydrogens is 256 g/mol. The second-order valence-corrected chi connectivity index (χ2v) is 4.55. The van der Waals surface area contributed by atoms with Crippen molar-refractivity contribution in [1.29, 1.82) is 0 Å². The molecule has 0 radical (unpaired) electrons. The molecule has 15 heavy (non-hydrogen) atoms. The molecule has 1 aromatic heterocycles. The van der Waals surface area contributed by atoms with E-state index < -0.39 is 0 Å². The first-order valence-corrected chi connectivity index (χ1v) is 5.93. The molecule has 0 saturated heterocycles. The van der Waals surface area contributed by atoms with Gasteiger partial charge in [0.2, 0.25) is 5.95 Å². The molecule has 0 atom stereocenters. The van der Waals surface area contributed by atoms with Gasteiger partial charge in [0.05, 0.1) is 4.47 Å². The molecule has 1 aromatic rings. The predicted octanol–water partition coefficient (Wildman–Crippen LogP) is 2.74. The fourth-order valence-corrected chi connectivity index (χ4v) is 1.37. The molecule has 0 amide bonds. The van der Waals surface area contributed by atoms with Crippen molar-refractivity contribution < 1.29 is 0 Å². The van der Waals surface area contributed by atoms with Crippen LogP contribution in [0, 0.1) is 5.92 Å². The van der Waals surface area contributed by atoms with Gasteiger partial charge in [-0.15, -0.1) is 0 Å². The van der Waals surface area contributed by atoms with Crippen LogP contribution in [0.3, 0.4) is 0 Å². The van der Waals surface area contributed by atoms with Gasteiger partial charge in [-0.2, -0.15) is 4.98 Å². The van der Waals surface area contributed by atoms with Crippen LogP contribution in [0.5, 0.6) is 0 Å². The minimum absolute atomic E-state index is 0.592. The molecule has 4 nitrogen and oxygen atoms in total. The predicted molar refractivity (Wildman–Crippen MR) is 67.2 cm³/mol. The molecular formula is C10H17BrN4. The molecule has 0 spiro atoms. The first-order valence-electron chi connectivity index (χ1n) is 5.13. The summed E-state index contributed by atoms with van der Waals surface area (Å²) >= 11 is 3.42. The van der Waals surface area contributed by atoms with E-state index in [-0.39, 0.29) is 0 Å². The number of anilines is 2. The largest absolute Gasteiger partial charge is 0.369 e. The Bertz CT molecular complexity index is 314. The first-order chi connectivity index (χ1) is 7.13. The van der Waals surface area contributed by atoms with Crippen LogP contribution in [0.25, 0.3) is 0 Å². The first kappa shape index (κ1) is 12.2. The van der Waals surface area contributed by atoms with Gasteiger partial charge < -0.3 is 10.6 Å². The summed E-state index contributed by atoms with van der Waals surface area (Å²) in [7, 11) is 0. The van der Waals surface area contributed by atoms with Gasteiger partial charge in [-0.05, 0) is 28.8 Å². The third-order valence-electron chi connectivity index (χ3n) is 1.76. The van der Waals surface area contributed by atoms with Gasteiger partial charge in [0, 0.05) is 19.3 Å². The number of nitrogens with one attached hydrogen (secondary N) is 2. The molecule has 0 aliphatic heterocycles. The average molecular weight is 273 g/mol. The van der Waals surface area contributed by atoms with Crippen molar-refractivity contribution in [3.63, 3.8) is 0 Å². The second kappa shape index (κ2) is 5.90. The maximum atomic E-state index is 4.35. The van der Waals surface area contributed by atoms with Gasteiger partial charge in [0.25, 0.3) is 0 Å². The second-order valence-electron chi connectivity index (χ2n) is 3.70. The number of hydrogen-bond donors (Lipinski definition) is 2. The SMILES string of the molecule is CCNc1ncc(Br)c(NCC(C)C)n1. The highest BCUT2D eigenvalue weighted by molar-refractivity contribution is 9.10. The van der Waals surface area contributed by atoms with E-state index in [9.17, 15) is 0 Å². The lowest BCUT2D eigenvalue weighted by Crippen LogP contribution is -2.11. The highest BCUT2D eigenvalue weighted by Gasteiger charge is 2.04. The molecule has 1 rings (SSSR count). The van der Waals surface area contributed by atoms with Gasteiger partial charge in [-0.1, -0.05) is 13.8 Å². The fraction of sp³-hybridized carbons (Fsp3) is 0.600. The molecule has 0 bridgehead atoms. The summed E-state index contributed by atoms with van der Waals surface area (Å²) in [6.45, 7) is 8.07. The summed E-state index contributed by atoms with van der Waals surface area (Å²) in [5.41, 5.74) is 0. The van der Waals surface area contributed by atoms with Crippen LogP contribution in [-0.4, -0.2) is 23.1 Å². The summed E-state index contributed by atoms with van der Waals surface area (Å²) in [5, 5.41) is 6.35. The smallest absolute Gasteiger partial charge is 0.224 e. The minimum Gasteiger partial charge on any atom is -0.369 e. The van der Waals surface area contributed by atoms with Gasteiger partial charge in [-0.25, -0.2) is 4.98 Å². The summed E-state index contributed by atoms with van der Waals surface area (Å²) < 4.78 is 0.893. The zero-order valence-electron chi connectivity index (χ0n) is 9.34. The van der Waals surface area contributed by atoms with Crippen molar-refractivity contribution >= 4 is 27.7 Å². The third kappa shape index (κ3) is 4.03. The number of hydrogen-bond acceptors (Lipinski definition) is 4. The van der Waals surface area contributed by atoms with Crippen LogP contribution in [0.2, 0.25) is 0 Å². The molecule has 0 aliphatic rings. The molecule has 0 unspecified atom stereocenters. The van der Waals surface area contributed by atoms with E-state index in [1.165, 1.54) is 0 Å². The van der Waals surface area contributed by atoms with Gasteiger partial charge >= 0.3 is 0 Å². The van der Waals surface area contributed by atoms with Crippen LogP contribution in [0.15, 0.2) is 10.7 Å². The standard InChI is InChI=1S/C10H17BrN4/c1-4-12-10-14-6-8(11)9(15-10)13-5-7(2)3/h6-7H,4-5H2,1-3H3,(H2,12,13,14,15). The van der Waals surface area contributed by atoms with Gasteiger partial charge in [0.15, 0.2) is 0 Å². The van der Waals surface area contributed by atoms with E-state index in [2.05, 4.69) is 50.4 Å². The monoisotopic (exact) mass is 272 g/mol. The van der Waals surface area contributed by atoms with Crippen molar-refractivity contribution in [2.75, 3.05) is 23.7 Å². The van der Waals surface area contributed by atoms with E-state index in [4.69, 9.17) is 0 Å². The zero-order chi connectivity index (χ0) is 11.3. The molecule has 0 fully saturated rings. The van der Waals surface area contributed by atoms with E-state index in [0.29, 0.717) is 11.9 Å². The molecule has 0 saturated carbocycles. The third-order valence-corrected chi connectivity index (χ3v) is 2.34. The van der Waals surface area contributed by atoms with E-state index in [0.717, 1.165) is 23.4 Å². The number of halogens is 1. The van der Waals surface area contributed by atoms with Crippen molar-refractivity contribution in [2.45, 2.75) is 20.8 Å². The maximum Gasteiger partial charge on any atom is 0.224 e. The Balaban J connectivity index is 2.71. The quantitative estimate of drug-likeness (QED) is 0.866. The average Bonchev–Trinajstić information content (AvgIpc) is 2.19. The summed E-state index contributed by atoms with van der Waals surface area (Å²) in [6.07, 6.45) is 1.76. The van der Waals surface area contributed by atoms with Gasteiger partial charge in [0.1, 0.15) is 5.82 Å². The molecule has 5 heteroatoms. The van der Waals surface area contributed by atoms with E-state index in [1.807, 2.05) is 6.92 Å². The molecule has 0 aliphatic carbocycles. The topological polar surface area (TPSA) is 49.8 Å². The van der Waals surface area contributed by atoms with E-state index >= 15 is 0 Å². The Kier molecular flexibility index (Phi) is 4.81. The van der Waals surface area contributed by atoms with Crippen LogP contribution in [0.4, 0.5) is 11.8 Å². The van der Waals surface area contributed by atoms with Crippen molar-refractivity contribution in [3.8, 4) is 0 Å². The van der Waals surface area contributed by atoms with Crippen molar-refractivity contribution in [3.05, 3.63) is 10.7 Å². The fourth-order valence-electron chi connectivity index (χ4n) is 1.04. The molecule has 1 heterocycles. The summed E-state index contributed by atoms with van der Waals surface area (Å²) in [4.78, 5) is 8.50. The Hall–Kier alpha value is -0.840. The van der Waals surface area contributed by atoms with Crippen LogP contribution >= 0.6 is 15.9 Å². The zero-order valence-corrected chi connectivity index (χ0v) is 10.9. The maximum absolute atomic E-state index is 4.35. The van der Waals surface area contributed by atoms with Gasteiger partial charge in [-0.3, -0.25) is 0 Å². The van der Waals surface area contributed by atoms with Crippen LogP contribution < -0.4 is 10.6 Å². The molecule has 0 aromatic carbocycles. The van der Waals surface area contributed by atoms with Crippen LogP contribution in [-0.2, 0) is 0 Å². The lowest BCUT2D eigenvalue weighted by molar-refractivity contribution is 0.686. The normalized spacial score (nSPS) is 10.5. The highest BCUT2D eigenvalue weighted by atomic mass is 79.9. The summed E-state index contributed by atoms with van der Waals surface area (Å²) in [6, 6.07) is 0. The number of aromatic nitrogens is 2. The minimum atomic E-state index is 0.592. The summed E-state index contributed by atoms with van der Waals surface area (Å²) in [5.74, 6) is 2.09. The van der Waals surface area contributed by atoms with Crippen molar-refractivity contribution in [2.24, 2.45) is 5.92 Å². The van der Waals surface area contributed by atoms with E-state index in [1.54, 1.807) is 6.20 Å². The lowest BCUT2D eigenvalue weighted by atomic mass is 10.2. The highest BCUT2D eigenvalue weighted by Crippen LogP contribution is 2.20. The lowest BCUT2D eigenvalue weighted by Gasteiger charge is -2.10. The number of nitrogens with zero attached hydrogens (tertiary/aromatic N) is 2. The number of rotatable bonds is 5. The Morgan fingerprint density at radius 2 is 2.13 bits per heavy atom. The van der Waals surface area contributed by atoms with Crippen molar-refractivity contribution in [1.82, 2.24) is 9.97 Å². The molecule has 2 N–H and O–H groups in total. The Morgan fingerprint density at radius 3 is 2.73 bits per heavy atom. The molecule has 84 valence electrons. The Morgan fingerprint density at radius 1 is 1.40 bits per heavy atom. The Labute approximate surface area is 99.0 Å². The van der Waals surface area contributed by atoms with Crippen LogP contribution in [0.1, 0.15) is 20.8 Å².